The molecule has 0 unspecified atom stereocenters. The number of hydrogen-bond acceptors (Lipinski definition) is 2. The number of H-pyrrole nitrogens is 2. The van der Waals surface area contributed by atoms with Gasteiger partial charge in [0.1, 0.15) is 0 Å². The molecule has 5 nitrogen and oxygen atoms in total. The minimum Gasteiger partial charge on any atom is -0.368 e. The predicted octanol–water partition coefficient (Wildman–Crippen LogP) is 4.99. The SMILES string of the molecule is C=C(C(=O)N1CCN(C(=C)c2ccccc2)CC1)c1c[nH]c(-c2ccc3[nH]ccc3c2)c1. The first kappa shape index (κ1) is 19.9. The molecule has 0 aliphatic carbocycles. The Morgan fingerprint density at radius 2 is 1.56 bits per heavy atom. The molecule has 1 aliphatic heterocycles. The molecule has 2 N–H and O–H groups in total. The number of aromatic nitrogens is 2. The third-order valence-corrected chi connectivity index (χ3v) is 6.21. The van der Waals surface area contributed by atoms with Crippen LogP contribution in [0.1, 0.15) is 11.1 Å². The number of carbonyl (C=O) groups is 1. The highest BCUT2D eigenvalue weighted by molar-refractivity contribution is 6.18. The van der Waals surface area contributed by atoms with E-state index in [0.29, 0.717) is 18.7 Å². The van der Waals surface area contributed by atoms with Crippen LogP contribution in [0.5, 0.6) is 0 Å². The quantitative estimate of drug-likeness (QED) is 0.445. The molecule has 0 bridgehead atoms. The molecule has 1 aliphatic rings. The van der Waals surface area contributed by atoms with E-state index in [4.69, 9.17) is 0 Å². The van der Waals surface area contributed by atoms with Gasteiger partial charge in [-0.25, -0.2) is 0 Å². The summed E-state index contributed by atoms with van der Waals surface area (Å²) in [5.41, 5.74) is 6.63. The Morgan fingerprint density at radius 3 is 2.34 bits per heavy atom. The summed E-state index contributed by atoms with van der Waals surface area (Å²) in [6.45, 7) is 11.2. The molecule has 0 radical (unpaired) electrons. The number of carbonyl (C=O) groups excluding carboxylic acids is 1. The van der Waals surface area contributed by atoms with Crippen molar-refractivity contribution in [1.29, 1.82) is 0 Å². The smallest absolute Gasteiger partial charge is 0.254 e. The summed E-state index contributed by atoms with van der Waals surface area (Å²) < 4.78 is 0. The number of benzene rings is 2. The first-order chi connectivity index (χ1) is 15.6. The number of nitrogens with zero attached hydrogens (tertiary/aromatic N) is 2. The van der Waals surface area contributed by atoms with Crippen molar-refractivity contribution in [2.24, 2.45) is 0 Å². The molecule has 4 aromatic rings. The lowest BCUT2D eigenvalue weighted by Crippen LogP contribution is -2.47. The zero-order valence-electron chi connectivity index (χ0n) is 18.0. The third kappa shape index (κ3) is 3.73. The number of nitrogens with one attached hydrogen (secondary N) is 2. The number of fused-ring (bicyclic) bond motifs is 1. The summed E-state index contributed by atoms with van der Waals surface area (Å²) in [6, 6.07) is 20.5. The van der Waals surface area contributed by atoms with Crippen molar-refractivity contribution in [3.8, 4) is 11.3 Å². The summed E-state index contributed by atoms with van der Waals surface area (Å²) in [5.74, 6) is -0.0124. The number of rotatable bonds is 5. The molecular formula is C27H26N4O. The molecule has 3 heterocycles. The molecule has 1 fully saturated rings. The fraction of sp³-hybridized carbons (Fsp3) is 0.148. The van der Waals surface area contributed by atoms with Crippen LogP contribution >= 0.6 is 0 Å². The standard InChI is InChI=1S/C27H26N4O/c1-19(24-17-26(29-18-24)22-8-9-25-23(16-22)10-11-28-25)27(32)31-14-12-30(13-15-31)20(2)21-6-4-3-5-7-21/h3-11,16-18,28-29H,1-2,12-15H2. The minimum absolute atomic E-state index is 0.0124. The molecule has 5 heteroatoms. The van der Waals surface area contributed by atoms with Crippen LogP contribution in [0.15, 0.2) is 86.2 Å². The summed E-state index contributed by atoms with van der Waals surface area (Å²) in [6.07, 6.45) is 3.80. The normalized spacial score (nSPS) is 14.0. The number of piperazine rings is 1. The van der Waals surface area contributed by atoms with E-state index in [1.807, 2.05) is 41.6 Å². The molecule has 0 spiro atoms. The topological polar surface area (TPSA) is 55.1 Å². The maximum Gasteiger partial charge on any atom is 0.254 e. The first-order valence-electron chi connectivity index (χ1n) is 10.8. The Bertz CT molecular complexity index is 1290. The van der Waals surface area contributed by atoms with Crippen molar-refractivity contribution < 1.29 is 4.79 Å². The minimum atomic E-state index is -0.0124. The van der Waals surface area contributed by atoms with Crippen molar-refractivity contribution in [2.45, 2.75) is 0 Å². The molecule has 1 amide bonds. The van der Waals surface area contributed by atoms with Gasteiger partial charge in [-0.05, 0) is 35.4 Å². The molecule has 2 aromatic carbocycles. The van der Waals surface area contributed by atoms with Crippen molar-refractivity contribution >= 4 is 28.1 Å². The van der Waals surface area contributed by atoms with E-state index in [-0.39, 0.29) is 5.91 Å². The Balaban J connectivity index is 1.24. The van der Waals surface area contributed by atoms with E-state index in [0.717, 1.165) is 52.1 Å². The van der Waals surface area contributed by atoms with Gasteiger partial charge in [-0.2, -0.15) is 0 Å². The fourth-order valence-electron chi connectivity index (χ4n) is 4.26. The van der Waals surface area contributed by atoms with Gasteiger partial charge in [-0.15, -0.1) is 0 Å². The largest absolute Gasteiger partial charge is 0.368 e. The van der Waals surface area contributed by atoms with Crippen LogP contribution in [0.25, 0.3) is 33.4 Å². The van der Waals surface area contributed by atoms with Gasteiger partial charge >= 0.3 is 0 Å². The van der Waals surface area contributed by atoms with Crippen LogP contribution in [0.2, 0.25) is 0 Å². The van der Waals surface area contributed by atoms with Gasteiger partial charge in [-0.3, -0.25) is 4.79 Å². The summed E-state index contributed by atoms with van der Waals surface area (Å²) >= 11 is 0. The molecule has 2 aromatic heterocycles. The van der Waals surface area contributed by atoms with E-state index in [2.05, 4.69) is 64.4 Å². The van der Waals surface area contributed by atoms with Crippen molar-refractivity contribution in [2.75, 3.05) is 26.2 Å². The zero-order chi connectivity index (χ0) is 22.1. The number of hydrogen-bond donors (Lipinski definition) is 2. The highest BCUT2D eigenvalue weighted by Gasteiger charge is 2.24. The second kappa shape index (κ2) is 8.27. The van der Waals surface area contributed by atoms with E-state index < -0.39 is 0 Å². The van der Waals surface area contributed by atoms with Gasteiger partial charge in [0, 0.05) is 72.0 Å². The highest BCUT2D eigenvalue weighted by atomic mass is 16.2. The zero-order valence-corrected chi connectivity index (χ0v) is 18.0. The van der Waals surface area contributed by atoms with Crippen LogP contribution in [0.4, 0.5) is 0 Å². The lowest BCUT2D eigenvalue weighted by atomic mass is 10.1. The van der Waals surface area contributed by atoms with Crippen LogP contribution in [0.3, 0.4) is 0 Å². The maximum atomic E-state index is 13.1. The van der Waals surface area contributed by atoms with E-state index >= 15 is 0 Å². The van der Waals surface area contributed by atoms with Crippen LogP contribution in [-0.2, 0) is 4.79 Å². The summed E-state index contributed by atoms with van der Waals surface area (Å²) in [4.78, 5) is 23.7. The monoisotopic (exact) mass is 422 g/mol. The maximum absolute atomic E-state index is 13.1. The summed E-state index contributed by atoms with van der Waals surface area (Å²) in [5, 5.41) is 1.16. The van der Waals surface area contributed by atoms with Gasteiger partial charge in [0.2, 0.25) is 0 Å². The Hall–Kier alpha value is -3.99. The Kier molecular flexibility index (Phi) is 5.15. The molecule has 32 heavy (non-hydrogen) atoms. The highest BCUT2D eigenvalue weighted by Crippen LogP contribution is 2.27. The van der Waals surface area contributed by atoms with Gasteiger partial charge in [0.05, 0.1) is 0 Å². The number of amides is 1. The number of aromatic amines is 2. The van der Waals surface area contributed by atoms with Gasteiger partial charge in [-0.1, -0.05) is 49.6 Å². The van der Waals surface area contributed by atoms with E-state index in [1.165, 1.54) is 0 Å². The van der Waals surface area contributed by atoms with Gasteiger partial charge in [0.15, 0.2) is 0 Å². The second-order valence-corrected chi connectivity index (χ2v) is 8.15. The predicted molar refractivity (Wildman–Crippen MR) is 131 cm³/mol. The van der Waals surface area contributed by atoms with Gasteiger partial charge in [0.25, 0.3) is 5.91 Å². The van der Waals surface area contributed by atoms with Crippen LogP contribution < -0.4 is 0 Å². The Morgan fingerprint density at radius 1 is 0.812 bits per heavy atom. The van der Waals surface area contributed by atoms with Gasteiger partial charge < -0.3 is 19.8 Å². The molecule has 1 saturated heterocycles. The average Bonchev–Trinajstić information content (AvgIpc) is 3.53. The lowest BCUT2D eigenvalue weighted by molar-refractivity contribution is -0.126. The fourth-order valence-corrected chi connectivity index (χ4v) is 4.26. The van der Waals surface area contributed by atoms with Crippen LogP contribution in [0, 0.1) is 0 Å². The van der Waals surface area contributed by atoms with E-state index in [1.54, 1.807) is 0 Å². The summed E-state index contributed by atoms with van der Waals surface area (Å²) in [7, 11) is 0. The average molecular weight is 423 g/mol. The lowest BCUT2D eigenvalue weighted by Gasteiger charge is -2.37. The van der Waals surface area contributed by atoms with Crippen molar-refractivity contribution in [1.82, 2.24) is 19.8 Å². The van der Waals surface area contributed by atoms with E-state index in [9.17, 15) is 4.79 Å². The first-order valence-corrected chi connectivity index (χ1v) is 10.8. The Labute approximate surface area is 187 Å². The molecular weight excluding hydrogens is 396 g/mol. The molecule has 0 atom stereocenters. The van der Waals surface area contributed by atoms with Crippen molar-refractivity contribution in [3.05, 3.63) is 97.3 Å². The second-order valence-electron chi connectivity index (χ2n) is 8.15. The molecule has 5 rings (SSSR count). The molecule has 0 saturated carbocycles. The third-order valence-electron chi connectivity index (χ3n) is 6.21. The van der Waals surface area contributed by atoms with Crippen molar-refractivity contribution in [3.63, 3.8) is 0 Å². The molecule has 160 valence electrons. The van der Waals surface area contributed by atoms with Crippen LogP contribution in [-0.4, -0.2) is 51.9 Å².